The Hall–Kier alpha value is -2.72. The van der Waals surface area contributed by atoms with E-state index in [1.807, 2.05) is 0 Å². The number of sulfonamides is 1. The molecule has 0 unspecified atom stereocenters. The molecule has 1 aromatic carbocycles. The van der Waals surface area contributed by atoms with Crippen LogP contribution >= 0.6 is 0 Å². The van der Waals surface area contributed by atoms with Gasteiger partial charge in [-0.25, -0.2) is 8.42 Å². The first kappa shape index (κ1) is 20.0. The van der Waals surface area contributed by atoms with Crippen molar-refractivity contribution in [3.63, 3.8) is 0 Å². The summed E-state index contributed by atoms with van der Waals surface area (Å²) in [7, 11) is -3.71. The molecular formula is C18H21N3O6S. The van der Waals surface area contributed by atoms with Gasteiger partial charge in [0, 0.05) is 36.5 Å². The van der Waals surface area contributed by atoms with Gasteiger partial charge in [0.25, 0.3) is 11.6 Å². The van der Waals surface area contributed by atoms with E-state index in [1.165, 1.54) is 23.4 Å². The molecule has 0 spiro atoms. The van der Waals surface area contributed by atoms with Gasteiger partial charge in [0.05, 0.1) is 4.92 Å². The van der Waals surface area contributed by atoms with Crippen molar-refractivity contribution in [3.8, 4) is 0 Å². The minimum Gasteiger partial charge on any atom is -0.455 e. The Labute approximate surface area is 162 Å². The number of hydrogen-bond acceptors (Lipinski definition) is 6. The Balaban J connectivity index is 1.84. The van der Waals surface area contributed by atoms with Crippen LogP contribution in [0.3, 0.4) is 0 Å². The van der Waals surface area contributed by atoms with Crippen LogP contribution in [0.5, 0.6) is 0 Å². The maximum absolute atomic E-state index is 12.7. The summed E-state index contributed by atoms with van der Waals surface area (Å²) in [4.78, 5) is 23.1. The van der Waals surface area contributed by atoms with Gasteiger partial charge in [0.2, 0.25) is 10.0 Å². The normalized spacial score (nSPS) is 14.9. The number of nitro groups is 1. The maximum atomic E-state index is 12.7. The average Bonchev–Trinajstić information content (AvgIpc) is 3.32. The van der Waals surface area contributed by atoms with Crippen LogP contribution in [-0.4, -0.2) is 36.6 Å². The second kappa shape index (κ2) is 7.72. The third-order valence-corrected chi connectivity index (χ3v) is 6.71. The summed E-state index contributed by atoms with van der Waals surface area (Å²) >= 11 is 0. The molecule has 1 N–H and O–H groups in total. The Morgan fingerprint density at radius 3 is 2.57 bits per heavy atom. The van der Waals surface area contributed by atoms with E-state index in [9.17, 15) is 23.3 Å². The van der Waals surface area contributed by atoms with E-state index in [2.05, 4.69) is 5.32 Å². The third-order valence-electron chi connectivity index (χ3n) is 4.70. The lowest BCUT2D eigenvalue weighted by Crippen LogP contribution is -2.28. The first-order chi connectivity index (χ1) is 13.2. The summed E-state index contributed by atoms with van der Waals surface area (Å²) < 4.78 is 32.1. The Morgan fingerprint density at radius 2 is 1.96 bits per heavy atom. The van der Waals surface area contributed by atoms with Crippen LogP contribution in [0.15, 0.2) is 33.6 Å². The van der Waals surface area contributed by atoms with Crippen molar-refractivity contribution >= 4 is 27.3 Å². The van der Waals surface area contributed by atoms with Gasteiger partial charge in [0.1, 0.15) is 10.7 Å². The largest absolute Gasteiger partial charge is 0.455 e. The number of carbonyl (C=O) groups excluding carboxylic acids is 1. The van der Waals surface area contributed by atoms with Crippen molar-refractivity contribution in [1.29, 1.82) is 0 Å². The minimum absolute atomic E-state index is 0.0353. The van der Waals surface area contributed by atoms with E-state index in [1.54, 1.807) is 19.1 Å². The lowest BCUT2D eigenvalue weighted by molar-refractivity contribution is -0.385. The van der Waals surface area contributed by atoms with E-state index in [-0.39, 0.29) is 27.8 Å². The lowest BCUT2D eigenvalue weighted by atomic mass is 10.1. The number of aryl methyl sites for hydroxylation is 2. The number of anilines is 1. The van der Waals surface area contributed by atoms with Crippen molar-refractivity contribution in [2.75, 3.05) is 18.4 Å². The lowest BCUT2D eigenvalue weighted by Gasteiger charge is -2.14. The molecule has 2 aromatic rings. The minimum atomic E-state index is -3.71. The van der Waals surface area contributed by atoms with Crippen molar-refractivity contribution in [3.05, 3.63) is 51.5 Å². The van der Waals surface area contributed by atoms with Crippen LogP contribution in [0.25, 0.3) is 0 Å². The fourth-order valence-corrected chi connectivity index (χ4v) is 4.88. The van der Waals surface area contributed by atoms with Crippen LogP contribution in [0.4, 0.5) is 11.4 Å². The highest BCUT2D eigenvalue weighted by Crippen LogP contribution is 2.28. The summed E-state index contributed by atoms with van der Waals surface area (Å²) in [5, 5.41) is 13.7. The molecule has 0 bridgehead atoms. The van der Waals surface area contributed by atoms with Crippen molar-refractivity contribution in [2.24, 2.45) is 0 Å². The highest BCUT2D eigenvalue weighted by Gasteiger charge is 2.31. The maximum Gasteiger partial charge on any atom is 0.291 e. The molecule has 2 heterocycles. The van der Waals surface area contributed by atoms with Gasteiger partial charge in [-0.2, -0.15) is 4.31 Å². The van der Waals surface area contributed by atoms with Crippen molar-refractivity contribution < 1.29 is 22.6 Å². The summed E-state index contributed by atoms with van der Waals surface area (Å²) in [6, 6.07) is 5.60. The standard InChI is InChI=1S/C18H21N3O6S/c1-3-13-6-7-14(10-15(13)21(23)24)19-18(22)16-11-17(12(2)27-16)28(25,26)20-8-4-5-9-20/h6-7,10-11H,3-5,8-9H2,1-2H3,(H,19,22). The van der Waals surface area contributed by atoms with Gasteiger partial charge in [-0.15, -0.1) is 0 Å². The molecule has 9 nitrogen and oxygen atoms in total. The molecular weight excluding hydrogens is 386 g/mol. The predicted molar refractivity (Wildman–Crippen MR) is 102 cm³/mol. The molecule has 150 valence electrons. The molecule has 1 aliphatic heterocycles. The summed E-state index contributed by atoms with van der Waals surface area (Å²) in [5.41, 5.74) is 0.691. The number of hydrogen-bond donors (Lipinski definition) is 1. The zero-order valence-corrected chi connectivity index (χ0v) is 16.4. The monoisotopic (exact) mass is 407 g/mol. The number of furan rings is 1. The number of amides is 1. The van der Waals surface area contributed by atoms with Gasteiger partial charge in [-0.3, -0.25) is 14.9 Å². The SMILES string of the molecule is CCc1ccc(NC(=O)c2cc(S(=O)(=O)N3CCCC3)c(C)o2)cc1[N+](=O)[O-]. The quantitative estimate of drug-likeness (QED) is 0.580. The first-order valence-corrected chi connectivity index (χ1v) is 10.4. The topological polar surface area (TPSA) is 123 Å². The molecule has 0 radical (unpaired) electrons. The summed E-state index contributed by atoms with van der Waals surface area (Å²) in [6.45, 7) is 4.18. The van der Waals surface area contributed by atoms with E-state index >= 15 is 0 Å². The molecule has 1 amide bonds. The van der Waals surface area contributed by atoms with Gasteiger partial charge in [-0.1, -0.05) is 13.0 Å². The Morgan fingerprint density at radius 1 is 1.29 bits per heavy atom. The zero-order chi connectivity index (χ0) is 20.5. The number of nitrogens with one attached hydrogen (secondary N) is 1. The highest BCUT2D eigenvalue weighted by molar-refractivity contribution is 7.89. The number of nitrogens with zero attached hydrogens (tertiary/aromatic N) is 2. The third kappa shape index (κ3) is 3.78. The van der Waals surface area contributed by atoms with Crippen LogP contribution < -0.4 is 5.32 Å². The number of rotatable bonds is 6. The van der Waals surface area contributed by atoms with Crippen LogP contribution in [-0.2, 0) is 16.4 Å². The van der Waals surface area contributed by atoms with Crippen LogP contribution in [0.2, 0.25) is 0 Å². The van der Waals surface area contributed by atoms with E-state index in [4.69, 9.17) is 4.42 Å². The van der Waals surface area contributed by atoms with Gasteiger partial charge < -0.3 is 9.73 Å². The highest BCUT2D eigenvalue weighted by atomic mass is 32.2. The van der Waals surface area contributed by atoms with Gasteiger partial charge in [-0.05, 0) is 32.3 Å². The smallest absolute Gasteiger partial charge is 0.291 e. The molecule has 0 atom stereocenters. The number of carbonyl (C=O) groups is 1. The van der Waals surface area contributed by atoms with Crippen LogP contribution in [0, 0.1) is 17.0 Å². The van der Waals surface area contributed by atoms with E-state index in [0.29, 0.717) is 25.1 Å². The van der Waals surface area contributed by atoms with Crippen LogP contribution in [0.1, 0.15) is 41.6 Å². The summed E-state index contributed by atoms with van der Waals surface area (Å²) in [5.74, 6) is -0.716. The number of nitro benzene ring substituents is 1. The average molecular weight is 407 g/mol. The van der Waals surface area contributed by atoms with E-state index in [0.717, 1.165) is 12.8 Å². The fraction of sp³-hybridized carbons (Fsp3) is 0.389. The zero-order valence-electron chi connectivity index (χ0n) is 15.6. The molecule has 0 aliphatic carbocycles. The van der Waals surface area contributed by atoms with E-state index < -0.39 is 20.9 Å². The predicted octanol–water partition coefficient (Wildman–Crippen LogP) is 3.10. The molecule has 1 aliphatic rings. The molecule has 1 fully saturated rings. The second-order valence-electron chi connectivity index (χ2n) is 6.55. The molecule has 1 saturated heterocycles. The Bertz CT molecular complexity index is 1020. The molecule has 0 saturated carbocycles. The second-order valence-corrected chi connectivity index (χ2v) is 8.46. The van der Waals surface area contributed by atoms with Gasteiger partial charge in [0.15, 0.2) is 5.76 Å². The number of benzene rings is 1. The molecule has 10 heteroatoms. The summed E-state index contributed by atoms with van der Waals surface area (Å²) in [6.07, 6.45) is 2.09. The first-order valence-electron chi connectivity index (χ1n) is 8.93. The molecule has 28 heavy (non-hydrogen) atoms. The Kier molecular flexibility index (Phi) is 5.52. The molecule has 3 rings (SSSR count). The molecule has 1 aromatic heterocycles. The fourth-order valence-electron chi connectivity index (χ4n) is 3.20. The van der Waals surface area contributed by atoms with Crippen molar-refractivity contribution in [1.82, 2.24) is 4.31 Å². The van der Waals surface area contributed by atoms with Crippen molar-refractivity contribution in [2.45, 2.75) is 38.0 Å². The van der Waals surface area contributed by atoms with Gasteiger partial charge >= 0.3 is 0 Å².